The van der Waals surface area contributed by atoms with Crippen molar-refractivity contribution in [2.24, 2.45) is 29.6 Å². The van der Waals surface area contributed by atoms with E-state index in [-0.39, 0.29) is 23.9 Å². The molecule has 78 valence electrons. The highest BCUT2D eigenvalue weighted by molar-refractivity contribution is 5.75. The molecule has 0 amide bonds. The Kier molecular flexibility index (Phi) is 1.69. The van der Waals surface area contributed by atoms with E-state index in [2.05, 4.69) is 0 Å². The van der Waals surface area contributed by atoms with Crippen LogP contribution in [0.2, 0.25) is 0 Å². The topological polar surface area (TPSA) is 46.5 Å². The molecular weight excluding hydrogens is 180 g/mol. The maximum absolute atomic E-state index is 11.7. The monoisotopic (exact) mass is 196 g/mol. The normalized spacial score (nSPS) is 52.1. The molecule has 4 unspecified atom stereocenters. The molecule has 1 N–H and O–H groups in total. The first kappa shape index (κ1) is 8.72. The SMILES string of the molecule is CCCOC(=O)[C@H]1C2C3CC1[C@H](O)C32. The standard InChI is InChI=1S/C11H16O3/c1-2-3-14-11(13)9-6-4-5-7(9)8(5)10(6)12/h5-10,12H,2-4H2,1H3/t5?,6?,7?,8?,9-,10+/m1/s1. The molecule has 4 fully saturated rings. The first-order valence-corrected chi connectivity index (χ1v) is 5.60. The van der Waals surface area contributed by atoms with E-state index in [1.54, 1.807) is 0 Å². The molecular formula is C11H16O3. The average Bonchev–Trinajstić information content (AvgIpc) is 2.51. The molecule has 4 bridgehead atoms. The summed E-state index contributed by atoms with van der Waals surface area (Å²) in [5.74, 6) is 1.77. The lowest BCUT2D eigenvalue weighted by atomic mass is 9.97. The number of carbonyl (C=O) groups excluding carboxylic acids is 1. The first-order chi connectivity index (χ1) is 6.75. The van der Waals surface area contributed by atoms with Gasteiger partial charge >= 0.3 is 5.97 Å². The van der Waals surface area contributed by atoms with Gasteiger partial charge < -0.3 is 9.84 Å². The molecule has 0 aliphatic heterocycles. The second kappa shape index (κ2) is 2.72. The fraction of sp³-hybridized carbons (Fsp3) is 0.909. The summed E-state index contributed by atoms with van der Waals surface area (Å²) in [6.07, 6.45) is 1.73. The van der Waals surface area contributed by atoms with Crippen LogP contribution in [0.25, 0.3) is 0 Å². The van der Waals surface area contributed by atoms with E-state index in [0.717, 1.165) is 12.8 Å². The van der Waals surface area contributed by atoms with Gasteiger partial charge in [-0.25, -0.2) is 0 Å². The fourth-order valence-corrected chi connectivity index (χ4v) is 3.74. The van der Waals surface area contributed by atoms with Crippen LogP contribution in [0.4, 0.5) is 0 Å². The number of aliphatic hydroxyl groups excluding tert-OH is 1. The highest BCUT2D eigenvalue weighted by Crippen LogP contribution is 2.73. The number of esters is 1. The van der Waals surface area contributed by atoms with Crippen LogP contribution < -0.4 is 0 Å². The van der Waals surface area contributed by atoms with Gasteiger partial charge in [-0.15, -0.1) is 0 Å². The Balaban J connectivity index is 1.68. The smallest absolute Gasteiger partial charge is 0.309 e. The summed E-state index contributed by atoms with van der Waals surface area (Å²) < 4.78 is 5.17. The second-order valence-electron chi connectivity index (χ2n) is 4.90. The van der Waals surface area contributed by atoms with Gasteiger partial charge in [-0.05, 0) is 36.5 Å². The Hall–Kier alpha value is -0.570. The third-order valence-corrected chi connectivity index (χ3v) is 4.27. The van der Waals surface area contributed by atoms with Crippen LogP contribution in [0.1, 0.15) is 19.8 Å². The Morgan fingerprint density at radius 3 is 2.64 bits per heavy atom. The molecule has 3 nitrogen and oxygen atoms in total. The van der Waals surface area contributed by atoms with Gasteiger partial charge in [-0.3, -0.25) is 4.79 Å². The molecule has 0 saturated heterocycles. The van der Waals surface area contributed by atoms with Crippen LogP contribution in [0.15, 0.2) is 0 Å². The number of hydrogen-bond donors (Lipinski definition) is 1. The van der Waals surface area contributed by atoms with E-state index in [1.807, 2.05) is 6.92 Å². The zero-order valence-corrected chi connectivity index (χ0v) is 8.35. The van der Waals surface area contributed by atoms with Crippen molar-refractivity contribution in [3.05, 3.63) is 0 Å². The van der Waals surface area contributed by atoms with E-state index in [0.29, 0.717) is 24.4 Å². The Labute approximate surface area is 83.4 Å². The van der Waals surface area contributed by atoms with Crippen LogP contribution >= 0.6 is 0 Å². The van der Waals surface area contributed by atoms with Crippen LogP contribution in [0.5, 0.6) is 0 Å². The van der Waals surface area contributed by atoms with Crippen LogP contribution in [-0.4, -0.2) is 23.8 Å². The summed E-state index contributed by atoms with van der Waals surface area (Å²) in [7, 11) is 0. The molecule has 0 spiro atoms. The Morgan fingerprint density at radius 1 is 1.43 bits per heavy atom. The molecule has 4 aliphatic rings. The molecule has 0 radical (unpaired) electrons. The van der Waals surface area contributed by atoms with E-state index in [4.69, 9.17) is 4.74 Å². The molecule has 0 aromatic rings. The maximum Gasteiger partial charge on any atom is 0.309 e. The van der Waals surface area contributed by atoms with E-state index in [1.165, 1.54) is 0 Å². The van der Waals surface area contributed by atoms with Crippen molar-refractivity contribution >= 4 is 5.97 Å². The second-order valence-corrected chi connectivity index (χ2v) is 4.90. The van der Waals surface area contributed by atoms with Gasteiger partial charge in [0.05, 0.1) is 18.6 Å². The number of carbonyl (C=O) groups is 1. The van der Waals surface area contributed by atoms with E-state index >= 15 is 0 Å². The van der Waals surface area contributed by atoms with Crippen molar-refractivity contribution in [1.29, 1.82) is 0 Å². The van der Waals surface area contributed by atoms with Gasteiger partial charge in [-0.2, -0.15) is 0 Å². The van der Waals surface area contributed by atoms with Crippen LogP contribution in [-0.2, 0) is 9.53 Å². The molecule has 4 aliphatic carbocycles. The van der Waals surface area contributed by atoms with Crippen LogP contribution in [0.3, 0.4) is 0 Å². The van der Waals surface area contributed by atoms with E-state index in [9.17, 15) is 9.90 Å². The summed E-state index contributed by atoms with van der Waals surface area (Å²) in [5.41, 5.74) is 0. The fourth-order valence-electron chi connectivity index (χ4n) is 3.74. The zero-order valence-electron chi connectivity index (χ0n) is 8.35. The summed E-state index contributed by atoms with van der Waals surface area (Å²) >= 11 is 0. The average molecular weight is 196 g/mol. The summed E-state index contributed by atoms with van der Waals surface area (Å²) in [6.45, 7) is 2.52. The van der Waals surface area contributed by atoms with Crippen molar-refractivity contribution in [2.75, 3.05) is 6.61 Å². The Bertz CT molecular complexity index is 276. The summed E-state index contributed by atoms with van der Waals surface area (Å²) in [6, 6.07) is 0. The van der Waals surface area contributed by atoms with Crippen molar-refractivity contribution < 1.29 is 14.6 Å². The van der Waals surface area contributed by atoms with Gasteiger partial charge in [0.2, 0.25) is 0 Å². The largest absolute Gasteiger partial charge is 0.465 e. The molecule has 4 saturated carbocycles. The lowest BCUT2D eigenvalue weighted by Gasteiger charge is -2.15. The van der Waals surface area contributed by atoms with Crippen LogP contribution in [0, 0.1) is 29.6 Å². The quantitative estimate of drug-likeness (QED) is 0.679. The number of ether oxygens (including phenoxy) is 1. The number of rotatable bonds is 3. The number of hydrogen-bond acceptors (Lipinski definition) is 3. The summed E-state index contributed by atoms with van der Waals surface area (Å²) in [5, 5.41) is 9.79. The van der Waals surface area contributed by atoms with Crippen molar-refractivity contribution in [2.45, 2.75) is 25.9 Å². The van der Waals surface area contributed by atoms with Gasteiger partial charge in [0, 0.05) is 0 Å². The maximum atomic E-state index is 11.7. The molecule has 0 aromatic heterocycles. The predicted molar refractivity (Wildman–Crippen MR) is 49.3 cm³/mol. The zero-order chi connectivity index (χ0) is 9.87. The van der Waals surface area contributed by atoms with Crippen molar-refractivity contribution in [3.8, 4) is 0 Å². The lowest BCUT2D eigenvalue weighted by Crippen LogP contribution is -2.25. The molecule has 6 atom stereocenters. The van der Waals surface area contributed by atoms with E-state index < -0.39 is 0 Å². The van der Waals surface area contributed by atoms with Gasteiger partial charge in [0.1, 0.15) is 0 Å². The predicted octanol–water partition coefficient (Wildman–Crippen LogP) is 0.812. The lowest BCUT2D eigenvalue weighted by molar-refractivity contribution is -0.150. The third-order valence-electron chi connectivity index (χ3n) is 4.27. The molecule has 14 heavy (non-hydrogen) atoms. The molecule has 0 heterocycles. The van der Waals surface area contributed by atoms with Gasteiger partial charge in [0.15, 0.2) is 0 Å². The highest BCUT2D eigenvalue weighted by Gasteiger charge is 2.75. The van der Waals surface area contributed by atoms with Gasteiger partial charge in [-0.1, -0.05) is 6.92 Å². The first-order valence-electron chi connectivity index (χ1n) is 5.60. The minimum atomic E-state index is -0.204. The van der Waals surface area contributed by atoms with Gasteiger partial charge in [0.25, 0.3) is 0 Å². The molecule has 4 rings (SSSR count). The molecule has 0 aromatic carbocycles. The molecule has 3 heteroatoms. The third kappa shape index (κ3) is 0.888. The highest BCUT2D eigenvalue weighted by atomic mass is 16.5. The minimum Gasteiger partial charge on any atom is -0.465 e. The number of aliphatic hydroxyl groups is 1. The van der Waals surface area contributed by atoms with Crippen molar-refractivity contribution in [3.63, 3.8) is 0 Å². The van der Waals surface area contributed by atoms with Crippen molar-refractivity contribution in [1.82, 2.24) is 0 Å². The summed E-state index contributed by atoms with van der Waals surface area (Å²) in [4.78, 5) is 11.7. The minimum absolute atomic E-state index is 0.0338. The Morgan fingerprint density at radius 2 is 2.21 bits per heavy atom.